The third-order valence-corrected chi connectivity index (χ3v) is 4.99. The molecule has 0 amide bonds. The number of hydrogen-bond acceptors (Lipinski definition) is 3. The van der Waals surface area contributed by atoms with Gasteiger partial charge in [-0.05, 0) is 49.4 Å². The first-order valence-electron chi connectivity index (χ1n) is 7.11. The summed E-state index contributed by atoms with van der Waals surface area (Å²) in [5.74, 6) is 0.902. The van der Waals surface area contributed by atoms with Crippen molar-refractivity contribution >= 4 is 10.0 Å². The van der Waals surface area contributed by atoms with Crippen LogP contribution in [0.4, 0.5) is 0 Å². The Kier molecular flexibility index (Phi) is 4.70. The van der Waals surface area contributed by atoms with E-state index >= 15 is 0 Å². The molecule has 1 saturated heterocycles. The van der Waals surface area contributed by atoms with Crippen LogP contribution in [0.15, 0.2) is 18.2 Å². The van der Waals surface area contributed by atoms with E-state index in [0.29, 0.717) is 13.1 Å². The van der Waals surface area contributed by atoms with E-state index in [4.69, 9.17) is 4.74 Å². The molecule has 0 atom stereocenters. The zero-order chi connectivity index (χ0) is 14.8. The van der Waals surface area contributed by atoms with E-state index in [0.717, 1.165) is 25.0 Å². The van der Waals surface area contributed by atoms with Crippen LogP contribution in [-0.2, 0) is 16.4 Å². The number of nitrogens with zero attached hydrogens (tertiary/aromatic N) is 1. The van der Waals surface area contributed by atoms with Crippen molar-refractivity contribution in [1.29, 1.82) is 0 Å². The Hall–Kier alpha value is -1.07. The quantitative estimate of drug-likeness (QED) is 0.857. The highest BCUT2D eigenvalue weighted by atomic mass is 32.2. The molecule has 0 N–H and O–H groups in total. The number of piperidine rings is 1. The molecule has 1 heterocycles. The topological polar surface area (TPSA) is 46.6 Å². The molecule has 0 spiro atoms. The third-order valence-electron chi connectivity index (χ3n) is 3.69. The van der Waals surface area contributed by atoms with Crippen molar-refractivity contribution in [3.05, 3.63) is 29.3 Å². The van der Waals surface area contributed by atoms with Gasteiger partial charge in [0, 0.05) is 13.1 Å². The molecule has 0 saturated carbocycles. The zero-order valence-electron chi connectivity index (χ0n) is 12.4. The van der Waals surface area contributed by atoms with Crippen LogP contribution in [0.2, 0.25) is 0 Å². The Bertz CT molecular complexity index is 560. The summed E-state index contributed by atoms with van der Waals surface area (Å²) in [6, 6.07) is 6.29. The Labute approximate surface area is 121 Å². The summed E-state index contributed by atoms with van der Waals surface area (Å²) >= 11 is 0. The molecule has 1 aliphatic heterocycles. The van der Waals surface area contributed by atoms with Crippen molar-refractivity contribution in [3.8, 4) is 5.75 Å². The average Bonchev–Trinajstić information content (AvgIpc) is 2.37. The van der Waals surface area contributed by atoms with Gasteiger partial charge in [0.25, 0.3) is 0 Å². The summed E-state index contributed by atoms with van der Waals surface area (Å²) in [7, 11) is -3.06. The molecular formula is C15H23NO3S. The summed E-state index contributed by atoms with van der Waals surface area (Å²) in [6.45, 7) is 5.30. The SMILES string of the molecule is CCc1cc(C)cc(OC2CCN(S(C)(=O)=O)CC2)c1. The minimum absolute atomic E-state index is 0.111. The van der Waals surface area contributed by atoms with Gasteiger partial charge in [-0.1, -0.05) is 13.0 Å². The van der Waals surface area contributed by atoms with Gasteiger partial charge in [0.2, 0.25) is 10.0 Å². The fourth-order valence-electron chi connectivity index (χ4n) is 2.57. The normalized spacial score (nSPS) is 18.1. The van der Waals surface area contributed by atoms with Gasteiger partial charge in [0.15, 0.2) is 0 Å². The second kappa shape index (κ2) is 6.14. The van der Waals surface area contributed by atoms with Crippen LogP contribution in [0.5, 0.6) is 5.75 Å². The van der Waals surface area contributed by atoms with Gasteiger partial charge >= 0.3 is 0 Å². The Morgan fingerprint density at radius 3 is 2.45 bits per heavy atom. The van der Waals surface area contributed by atoms with Crippen molar-refractivity contribution in [2.45, 2.75) is 39.2 Å². The van der Waals surface area contributed by atoms with Gasteiger partial charge in [-0.25, -0.2) is 12.7 Å². The highest BCUT2D eigenvalue weighted by Gasteiger charge is 2.25. The van der Waals surface area contributed by atoms with Gasteiger partial charge in [-0.2, -0.15) is 0 Å². The predicted octanol–water partition coefficient (Wildman–Crippen LogP) is 2.36. The standard InChI is InChI=1S/C15H23NO3S/c1-4-13-9-12(2)10-15(11-13)19-14-5-7-16(8-6-14)20(3,17)18/h9-11,14H,4-8H2,1-3H3. The third kappa shape index (κ3) is 3.96. The first-order chi connectivity index (χ1) is 9.38. The van der Waals surface area contributed by atoms with Gasteiger partial charge < -0.3 is 4.74 Å². The molecule has 20 heavy (non-hydrogen) atoms. The van der Waals surface area contributed by atoms with E-state index in [1.807, 2.05) is 6.07 Å². The Morgan fingerprint density at radius 2 is 1.90 bits per heavy atom. The lowest BCUT2D eigenvalue weighted by Crippen LogP contribution is -2.41. The number of aryl methyl sites for hydroxylation is 2. The number of sulfonamides is 1. The molecule has 1 fully saturated rings. The van der Waals surface area contributed by atoms with E-state index in [1.165, 1.54) is 21.7 Å². The molecule has 1 aliphatic rings. The molecule has 0 aliphatic carbocycles. The van der Waals surface area contributed by atoms with Crippen molar-refractivity contribution < 1.29 is 13.2 Å². The van der Waals surface area contributed by atoms with E-state index in [2.05, 4.69) is 26.0 Å². The fourth-order valence-corrected chi connectivity index (χ4v) is 3.44. The molecule has 0 aromatic heterocycles. The molecule has 1 aromatic rings. The Morgan fingerprint density at radius 1 is 1.25 bits per heavy atom. The van der Waals surface area contributed by atoms with E-state index in [1.54, 1.807) is 0 Å². The summed E-state index contributed by atoms with van der Waals surface area (Å²) in [6.07, 6.45) is 3.87. The first-order valence-corrected chi connectivity index (χ1v) is 8.95. The molecule has 1 aromatic carbocycles. The van der Waals surface area contributed by atoms with Crippen LogP contribution in [0, 0.1) is 6.92 Å². The van der Waals surface area contributed by atoms with E-state index in [-0.39, 0.29) is 6.10 Å². The predicted molar refractivity (Wildman–Crippen MR) is 80.6 cm³/mol. The highest BCUT2D eigenvalue weighted by molar-refractivity contribution is 7.88. The summed E-state index contributed by atoms with van der Waals surface area (Å²) in [5, 5.41) is 0. The van der Waals surface area contributed by atoms with Crippen molar-refractivity contribution in [2.75, 3.05) is 19.3 Å². The van der Waals surface area contributed by atoms with Gasteiger partial charge in [0.05, 0.1) is 6.26 Å². The number of rotatable bonds is 4. The van der Waals surface area contributed by atoms with Crippen LogP contribution in [0.25, 0.3) is 0 Å². The first kappa shape index (κ1) is 15.3. The van der Waals surface area contributed by atoms with Crippen molar-refractivity contribution in [2.24, 2.45) is 0 Å². The fraction of sp³-hybridized carbons (Fsp3) is 0.600. The van der Waals surface area contributed by atoms with Crippen LogP contribution < -0.4 is 4.74 Å². The largest absolute Gasteiger partial charge is 0.490 e. The minimum atomic E-state index is -3.06. The molecule has 0 radical (unpaired) electrons. The second-order valence-corrected chi connectivity index (χ2v) is 7.47. The molecule has 4 nitrogen and oxygen atoms in total. The van der Waals surface area contributed by atoms with Crippen LogP contribution in [0.1, 0.15) is 30.9 Å². The van der Waals surface area contributed by atoms with Gasteiger partial charge in [0.1, 0.15) is 11.9 Å². The summed E-state index contributed by atoms with van der Waals surface area (Å²) in [5.41, 5.74) is 2.47. The molecule has 0 unspecified atom stereocenters. The monoisotopic (exact) mass is 297 g/mol. The highest BCUT2D eigenvalue weighted by Crippen LogP contribution is 2.23. The smallest absolute Gasteiger partial charge is 0.211 e. The van der Waals surface area contributed by atoms with Crippen molar-refractivity contribution in [1.82, 2.24) is 4.31 Å². The lowest BCUT2D eigenvalue weighted by Gasteiger charge is -2.30. The van der Waals surface area contributed by atoms with Gasteiger partial charge in [-0.15, -0.1) is 0 Å². The van der Waals surface area contributed by atoms with Crippen LogP contribution >= 0.6 is 0 Å². The molecule has 112 valence electrons. The number of benzene rings is 1. The zero-order valence-corrected chi connectivity index (χ0v) is 13.2. The van der Waals surface area contributed by atoms with E-state index < -0.39 is 10.0 Å². The number of hydrogen-bond donors (Lipinski definition) is 0. The molecule has 0 bridgehead atoms. The maximum atomic E-state index is 11.5. The number of ether oxygens (including phenoxy) is 1. The minimum Gasteiger partial charge on any atom is -0.490 e. The summed E-state index contributed by atoms with van der Waals surface area (Å²) < 4.78 is 30.5. The Balaban J connectivity index is 1.97. The average molecular weight is 297 g/mol. The van der Waals surface area contributed by atoms with Crippen LogP contribution in [-0.4, -0.2) is 38.2 Å². The maximum absolute atomic E-state index is 11.5. The molecular weight excluding hydrogens is 274 g/mol. The second-order valence-electron chi connectivity index (χ2n) is 5.49. The molecule has 5 heteroatoms. The van der Waals surface area contributed by atoms with E-state index in [9.17, 15) is 8.42 Å². The summed E-state index contributed by atoms with van der Waals surface area (Å²) in [4.78, 5) is 0. The maximum Gasteiger partial charge on any atom is 0.211 e. The van der Waals surface area contributed by atoms with Gasteiger partial charge in [-0.3, -0.25) is 0 Å². The lowest BCUT2D eigenvalue weighted by atomic mass is 10.1. The lowest BCUT2D eigenvalue weighted by molar-refractivity contribution is 0.135. The van der Waals surface area contributed by atoms with Crippen molar-refractivity contribution in [3.63, 3.8) is 0 Å². The molecule has 2 rings (SSSR count). The van der Waals surface area contributed by atoms with Crippen LogP contribution in [0.3, 0.4) is 0 Å².